The maximum Gasteiger partial charge on any atom is 0.408 e. The molecule has 0 radical (unpaired) electrons. The van der Waals surface area contributed by atoms with Gasteiger partial charge in [-0.1, -0.05) is 30.3 Å². The highest BCUT2D eigenvalue weighted by Crippen LogP contribution is 2.08. The van der Waals surface area contributed by atoms with Crippen LogP contribution in [-0.4, -0.2) is 35.4 Å². The molecule has 2 N–H and O–H groups in total. The van der Waals surface area contributed by atoms with E-state index in [1.54, 1.807) is 20.8 Å². The Labute approximate surface area is 136 Å². The lowest BCUT2D eigenvalue weighted by Gasteiger charge is -2.22. The van der Waals surface area contributed by atoms with E-state index < -0.39 is 23.7 Å². The van der Waals surface area contributed by atoms with Gasteiger partial charge in [0.15, 0.2) is 0 Å². The number of benzene rings is 1. The van der Waals surface area contributed by atoms with Crippen molar-refractivity contribution in [2.24, 2.45) is 0 Å². The largest absolute Gasteiger partial charge is 0.480 e. The van der Waals surface area contributed by atoms with E-state index in [0.717, 1.165) is 5.56 Å². The quantitative estimate of drug-likeness (QED) is 0.718. The molecule has 0 heterocycles. The van der Waals surface area contributed by atoms with Crippen LogP contribution in [0.4, 0.5) is 4.79 Å². The monoisotopic (exact) mass is 323 g/mol. The number of carboxylic acids is 1. The number of ether oxygens (including phenoxy) is 2. The van der Waals surface area contributed by atoms with Crippen LogP contribution in [0.3, 0.4) is 0 Å². The summed E-state index contributed by atoms with van der Waals surface area (Å²) >= 11 is 0. The summed E-state index contributed by atoms with van der Waals surface area (Å²) in [4.78, 5) is 22.8. The number of carbonyl (C=O) groups excluding carboxylic acids is 1. The van der Waals surface area contributed by atoms with E-state index in [9.17, 15) is 9.59 Å². The third-order valence-corrected chi connectivity index (χ3v) is 2.88. The summed E-state index contributed by atoms with van der Waals surface area (Å²) < 4.78 is 10.6. The maximum atomic E-state index is 11.6. The molecule has 0 aliphatic carbocycles. The molecular weight excluding hydrogens is 298 g/mol. The minimum absolute atomic E-state index is 0.281. The van der Waals surface area contributed by atoms with Crippen LogP contribution in [0.1, 0.15) is 39.2 Å². The van der Waals surface area contributed by atoms with E-state index in [1.165, 1.54) is 0 Å². The molecule has 0 aliphatic heterocycles. The molecule has 0 aromatic heterocycles. The van der Waals surface area contributed by atoms with Gasteiger partial charge >= 0.3 is 12.1 Å². The van der Waals surface area contributed by atoms with E-state index in [4.69, 9.17) is 14.6 Å². The lowest BCUT2D eigenvalue weighted by molar-refractivity contribution is -0.139. The van der Waals surface area contributed by atoms with Gasteiger partial charge in [-0.3, -0.25) is 0 Å². The minimum Gasteiger partial charge on any atom is -0.480 e. The zero-order valence-electron chi connectivity index (χ0n) is 13.9. The van der Waals surface area contributed by atoms with Crippen molar-refractivity contribution in [1.29, 1.82) is 0 Å². The molecule has 0 saturated heterocycles. The molecule has 0 aliphatic rings. The van der Waals surface area contributed by atoms with Crippen molar-refractivity contribution in [2.75, 3.05) is 6.61 Å². The first-order chi connectivity index (χ1) is 10.8. The summed E-state index contributed by atoms with van der Waals surface area (Å²) in [6, 6.07) is 8.75. The van der Waals surface area contributed by atoms with Crippen molar-refractivity contribution in [3.05, 3.63) is 35.9 Å². The topological polar surface area (TPSA) is 84.9 Å². The smallest absolute Gasteiger partial charge is 0.408 e. The van der Waals surface area contributed by atoms with Gasteiger partial charge in [0.1, 0.15) is 11.6 Å². The lowest BCUT2D eigenvalue weighted by atomic mass is 10.1. The van der Waals surface area contributed by atoms with Gasteiger partial charge in [0.05, 0.1) is 6.61 Å². The zero-order valence-corrected chi connectivity index (χ0v) is 13.9. The predicted molar refractivity (Wildman–Crippen MR) is 86.1 cm³/mol. The van der Waals surface area contributed by atoms with Crippen molar-refractivity contribution in [2.45, 2.75) is 51.9 Å². The standard InChI is InChI=1S/C17H25NO5/c1-17(2,3)23-16(21)18-14(15(19)20)10-7-11-22-12-13-8-5-4-6-9-13/h4-6,8-9,14H,7,10-12H2,1-3H3,(H,18,21)(H,19,20)/t14-/m1/s1. The van der Waals surface area contributed by atoms with Crippen LogP contribution in [0, 0.1) is 0 Å². The number of alkyl carbamates (subject to hydrolysis) is 1. The fourth-order valence-corrected chi connectivity index (χ4v) is 1.86. The third kappa shape index (κ3) is 8.83. The number of hydrogen-bond donors (Lipinski definition) is 2. The van der Waals surface area contributed by atoms with Gasteiger partial charge in [-0.05, 0) is 39.2 Å². The molecule has 6 heteroatoms. The number of aliphatic carboxylic acids is 1. The Kier molecular flexibility index (Phi) is 7.54. The summed E-state index contributed by atoms with van der Waals surface area (Å²) in [5.74, 6) is -1.08. The molecule has 0 bridgehead atoms. The number of hydrogen-bond acceptors (Lipinski definition) is 4. The van der Waals surface area contributed by atoms with Crippen molar-refractivity contribution >= 4 is 12.1 Å². The highest BCUT2D eigenvalue weighted by atomic mass is 16.6. The molecule has 0 spiro atoms. The molecule has 1 amide bonds. The Morgan fingerprint density at radius 3 is 2.43 bits per heavy atom. The average molecular weight is 323 g/mol. The summed E-state index contributed by atoms with van der Waals surface area (Å²) in [6.07, 6.45) is 0.0817. The van der Waals surface area contributed by atoms with Crippen molar-refractivity contribution in [3.8, 4) is 0 Å². The molecule has 1 aromatic rings. The molecule has 128 valence electrons. The number of nitrogens with one attached hydrogen (secondary N) is 1. The van der Waals surface area contributed by atoms with E-state index in [2.05, 4.69) is 5.32 Å². The van der Waals surface area contributed by atoms with Gasteiger partial charge in [0.25, 0.3) is 0 Å². The van der Waals surface area contributed by atoms with Crippen LogP contribution >= 0.6 is 0 Å². The van der Waals surface area contributed by atoms with Gasteiger partial charge in [0, 0.05) is 6.61 Å². The number of carbonyl (C=O) groups is 2. The zero-order chi connectivity index (χ0) is 17.3. The maximum absolute atomic E-state index is 11.6. The van der Waals surface area contributed by atoms with E-state index in [-0.39, 0.29) is 6.42 Å². The third-order valence-electron chi connectivity index (χ3n) is 2.88. The first kappa shape index (κ1) is 19.0. The summed E-state index contributed by atoms with van der Waals surface area (Å²) in [7, 11) is 0. The molecule has 0 fully saturated rings. The van der Waals surface area contributed by atoms with Gasteiger partial charge in [-0.2, -0.15) is 0 Å². The van der Waals surface area contributed by atoms with Gasteiger partial charge in [-0.15, -0.1) is 0 Å². The second-order valence-electron chi connectivity index (χ2n) is 6.22. The van der Waals surface area contributed by atoms with Crippen LogP contribution in [0.2, 0.25) is 0 Å². The fourth-order valence-electron chi connectivity index (χ4n) is 1.86. The van der Waals surface area contributed by atoms with Crippen LogP contribution in [-0.2, 0) is 20.9 Å². The van der Waals surface area contributed by atoms with E-state index in [0.29, 0.717) is 19.6 Å². The molecule has 1 atom stereocenters. The second kappa shape index (κ2) is 9.15. The van der Waals surface area contributed by atoms with E-state index >= 15 is 0 Å². The Morgan fingerprint density at radius 2 is 1.87 bits per heavy atom. The second-order valence-corrected chi connectivity index (χ2v) is 6.22. The Morgan fingerprint density at radius 1 is 1.22 bits per heavy atom. The molecule has 23 heavy (non-hydrogen) atoms. The normalized spacial score (nSPS) is 12.5. The molecule has 0 unspecified atom stereocenters. The lowest BCUT2D eigenvalue weighted by Crippen LogP contribution is -2.43. The van der Waals surface area contributed by atoms with Gasteiger partial charge in [-0.25, -0.2) is 9.59 Å². The van der Waals surface area contributed by atoms with Gasteiger partial charge < -0.3 is 19.9 Å². The molecule has 1 aromatic carbocycles. The van der Waals surface area contributed by atoms with Crippen LogP contribution in [0.25, 0.3) is 0 Å². The first-order valence-corrected chi connectivity index (χ1v) is 7.62. The van der Waals surface area contributed by atoms with Crippen LogP contribution < -0.4 is 5.32 Å². The molecule has 6 nitrogen and oxygen atoms in total. The number of amides is 1. The van der Waals surface area contributed by atoms with Crippen molar-refractivity contribution in [3.63, 3.8) is 0 Å². The SMILES string of the molecule is CC(C)(C)OC(=O)N[C@H](CCCOCc1ccccc1)C(=O)O. The Hall–Kier alpha value is -2.08. The predicted octanol–water partition coefficient (Wildman–Crippen LogP) is 2.96. The van der Waals surface area contributed by atoms with Crippen molar-refractivity contribution < 1.29 is 24.2 Å². The summed E-state index contributed by atoms with van der Waals surface area (Å²) in [5, 5.41) is 11.5. The van der Waals surface area contributed by atoms with Gasteiger partial charge in [0.2, 0.25) is 0 Å². The highest BCUT2D eigenvalue weighted by Gasteiger charge is 2.23. The molecule has 1 rings (SSSR count). The first-order valence-electron chi connectivity index (χ1n) is 7.62. The number of carboxylic acid groups (broad SMARTS) is 1. The molecule has 0 saturated carbocycles. The number of rotatable bonds is 8. The average Bonchev–Trinajstić information content (AvgIpc) is 2.44. The van der Waals surface area contributed by atoms with Crippen LogP contribution in [0.15, 0.2) is 30.3 Å². The van der Waals surface area contributed by atoms with Crippen molar-refractivity contribution in [1.82, 2.24) is 5.32 Å². The highest BCUT2D eigenvalue weighted by molar-refractivity contribution is 5.79. The fraction of sp³-hybridized carbons (Fsp3) is 0.529. The van der Waals surface area contributed by atoms with Crippen LogP contribution in [0.5, 0.6) is 0 Å². The Bertz CT molecular complexity index is 495. The summed E-state index contributed by atoms with van der Waals surface area (Å²) in [6.45, 7) is 6.08. The molecular formula is C17H25NO5. The summed E-state index contributed by atoms with van der Waals surface area (Å²) in [5.41, 5.74) is 0.403. The minimum atomic E-state index is -1.08. The van der Waals surface area contributed by atoms with E-state index in [1.807, 2.05) is 30.3 Å². The Balaban J connectivity index is 2.28.